The van der Waals surface area contributed by atoms with Gasteiger partial charge in [-0.2, -0.15) is 0 Å². The van der Waals surface area contributed by atoms with Gasteiger partial charge in [-0.1, -0.05) is 18.5 Å². The molecule has 2 rings (SSSR count). The van der Waals surface area contributed by atoms with Gasteiger partial charge in [-0.3, -0.25) is 10.6 Å². The molecule has 1 aromatic rings. The molecule has 0 saturated carbocycles. The van der Waals surface area contributed by atoms with Crippen LogP contribution in [0.2, 0.25) is 5.02 Å². The van der Waals surface area contributed by atoms with Crippen molar-refractivity contribution in [2.75, 3.05) is 31.6 Å². The van der Waals surface area contributed by atoms with Crippen LogP contribution >= 0.6 is 11.6 Å². The van der Waals surface area contributed by atoms with Gasteiger partial charge in [-0.15, -0.1) is 0 Å². The highest BCUT2D eigenvalue weighted by molar-refractivity contribution is 6.31. The molecule has 1 atom stereocenters. The summed E-state index contributed by atoms with van der Waals surface area (Å²) in [6, 6.07) is 5.02. The number of halogens is 1. The number of hydrazine groups is 1. The molecule has 1 aliphatic heterocycles. The number of likely N-dealkylation sites (tertiary alicyclic amines) is 1. The van der Waals surface area contributed by atoms with E-state index in [1.807, 2.05) is 0 Å². The molecule has 5 nitrogen and oxygen atoms in total. The molecular formula is C15H23ClN4O. The van der Waals surface area contributed by atoms with E-state index < -0.39 is 0 Å². The van der Waals surface area contributed by atoms with E-state index >= 15 is 0 Å². The molecule has 0 aliphatic carbocycles. The van der Waals surface area contributed by atoms with E-state index in [1.54, 1.807) is 18.2 Å². The number of nitrogens with zero attached hydrogens (tertiary/aromatic N) is 1. The van der Waals surface area contributed by atoms with Crippen LogP contribution in [0.25, 0.3) is 0 Å². The van der Waals surface area contributed by atoms with Gasteiger partial charge in [0.15, 0.2) is 0 Å². The lowest BCUT2D eigenvalue weighted by atomic mass is 10.1. The second kappa shape index (κ2) is 7.64. The Bertz CT molecular complexity index is 489. The Hall–Kier alpha value is -1.30. The third-order valence-corrected chi connectivity index (χ3v) is 4.00. The Balaban J connectivity index is 1.87. The summed E-state index contributed by atoms with van der Waals surface area (Å²) in [5.41, 5.74) is 3.57. The predicted octanol–water partition coefficient (Wildman–Crippen LogP) is 2.09. The number of benzene rings is 1. The van der Waals surface area contributed by atoms with Crippen molar-refractivity contribution < 1.29 is 4.79 Å². The average Bonchev–Trinajstić information content (AvgIpc) is 2.97. The molecule has 1 unspecified atom stereocenters. The fraction of sp³-hybridized carbons (Fsp3) is 0.533. The van der Waals surface area contributed by atoms with Gasteiger partial charge in [0, 0.05) is 18.1 Å². The van der Waals surface area contributed by atoms with Crippen molar-refractivity contribution in [1.82, 2.24) is 10.2 Å². The van der Waals surface area contributed by atoms with Crippen LogP contribution in [-0.2, 0) is 0 Å². The van der Waals surface area contributed by atoms with Crippen molar-refractivity contribution in [2.24, 2.45) is 11.8 Å². The molecule has 116 valence electrons. The molecular weight excluding hydrogens is 288 g/mol. The summed E-state index contributed by atoms with van der Waals surface area (Å²) >= 11 is 5.94. The molecule has 4 N–H and O–H groups in total. The largest absolute Gasteiger partial charge is 0.352 e. The summed E-state index contributed by atoms with van der Waals surface area (Å²) < 4.78 is 0. The van der Waals surface area contributed by atoms with Gasteiger partial charge in [-0.25, -0.2) is 0 Å². The van der Waals surface area contributed by atoms with Gasteiger partial charge in [0.1, 0.15) is 0 Å². The number of carbonyl (C=O) groups is 1. The Morgan fingerprint density at radius 2 is 2.14 bits per heavy atom. The van der Waals surface area contributed by atoms with E-state index in [0.29, 0.717) is 28.7 Å². The summed E-state index contributed by atoms with van der Waals surface area (Å²) in [6.07, 6.45) is 2.57. The van der Waals surface area contributed by atoms with Gasteiger partial charge in [0.25, 0.3) is 5.91 Å². The van der Waals surface area contributed by atoms with Crippen molar-refractivity contribution >= 4 is 23.2 Å². The number of amides is 1. The Morgan fingerprint density at radius 1 is 1.43 bits per heavy atom. The van der Waals surface area contributed by atoms with Gasteiger partial charge in [-0.05, 0) is 50.0 Å². The maximum atomic E-state index is 12.2. The van der Waals surface area contributed by atoms with E-state index in [0.717, 1.165) is 6.54 Å². The van der Waals surface area contributed by atoms with E-state index in [-0.39, 0.29) is 5.91 Å². The lowest BCUT2D eigenvalue weighted by Crippen LogP contribution is -2.34. The molecule has 1 aliphatic rings. The molecule has 1 saturated heterocycles. The van der Waals surface area contributed by atoms with Crippen molar-refractivity contribution in [3.05, 3.63) is 28.8 Å². The number of hydrogen-bond acceptors (Lipinski definition) is 4. The number of nitrogens with two attached hydrogens (primary N) is 1. The molecule has 1 fully saturated rings. The van der Waals surface area contributed by atoms with Crippen LogP contribution in [0.4, 0.5) is 5.69 Å². The van der Waals surface area contributed by atoms with Crippen molar-refractivity contribution in [3.8, 4) is 0 Å². The molecule has 0 spiro atoms. The first-order chi connectivity index (χ1) is 10.1. The monoisotopic (exact) mass is 310 g/mol. The molecule has 0 radical (unpaired) electrons. The minimum absolute atomic E-state index is 0.154. The van der Waals surface area contributed by atoms with Gasteiger partial charge >= 0.3 is 0 Å². The summed E-state index contributed by atoms with van der Waals surface area (Å²) in [4.78, 5) is 14.7. The molecule has 1 amide bonds. The third kappa shape index (κ3) is 4.59. The van der Waals surface area contributed by atoms with Crippen LogP contribution in [-0.4, -0.2) is 37.0 Å². The highest BCUT2D eigenvalue weighted by Crippen LogP contribution is 2.19. The summed E-state index contributed by atoms with van der Waals surface area (Å²) in [5, 5.41) is 3.47. The van der Waals surface area contributed by atoms with Crippen LogP contribution in [0, 0.1) is 5.92 Å². The normalized spacial score (nSPS) is 16.7. The van der Waals surface area contributed by atoms with E-state index in [2.05, 4.69) is 22.6 Å². The smallest absolute Gasteiger partial charge is 0.253 e. The fourth-order valence-electron chi connectivity index (χ4n) is 2.66. The standard InChI is InChI=1S/C15H23ClN4O/c1-11(10-20-6-2-3-7-20)9-18-15(21)13-8-12(16)4-5-14(13)19-17/h4-5,8,11,19H,2-3,6-7,9-10,17H2,1H3,(H,18,21). The summed E-state index contributed by atoms with van der Waals surface area (Å²) in [6.45, 7) is 6.17. The average molecular weight is 311 g/mol. The van der Waals surface area contributed by atoms with Crippen LogP contribution in [0.3, 0.4) is 0 Å². The minimum Gasteiger partial charge on any atom is -0.352 e. The summed E-state index contributed by atoms with van der Waals surface area (Å²) in [5.74, 6) is 5.69. The van der Waals surface area contributed by atoms with Crippen molar-refractivity contribution in [3.63, 3.8) is 0 Å². The highest BCUT2D eigenvalue weighted by atomic mass is 35.5. The molecule has 0 aromatic heterocycles. The zero-order valence-corrected chi connectivity index (χ0v) is 13.1. The van der Waals surface area contributed by atoms with Crippen LogP contribution in [0.5, 0.6) is 0 Å². The minimum atomic E-state index is -0.154. The highest BCUT2D eigenvalue weighted by Gasteiger charge is 2.16. The number of nitrogen functional groups attached to an aromatic ring is 1. The predicted molar refractivity (Wildman–Crippen MR) is 86.4 cm³/mol. The lowest BCUT2D eigenvalue weighted by molar-refractivity contribution is 0.0946. The van der Waals surface area contributed by atoms with Crippen molar-refractivity contribution in [2.45, 2.75) is 19.8 Å². The molecule has 1 heterocycles. The van der Waals surface area contributed by atoms with Crippen LogP contribution < -0.4 is 16.6 Å². The zero-order valence-electron chi connectivity index (χ0n) is 12.4. The Labute approximate surface area is 130 Å². The topological polar surface area (TPSA) is 70.4 Å². The second-order valence-electron chi connectivity index (χ2n) is 5.66. The zero-order chi connectivity index (χ0) is 15.2. The maximum absolute atomic E-state index is 12.2. The number of anilines is 1. The SMILES string of the molecule is CC(CNC(=O)c1cc(Cl)ccc1NN)CN1CCCC1. The van der Waals surface area contributed by atoms with Gasteiger partial charge in [0.2, 0.25) is 0 Å². The van der Waals surface area contributed by atoms with Crippen LogP contribution in [0.1, 0.15) is 30.1 Å². The molecule has 6 heteroatoms. The third-order valence-electron chi connectivity index (χ3n) is 3.76. The number of carbonyl (C=O) groups excluding carboxylic acids is 1. The summed E-state index contributed by atoms with van der Waals surface area (Å²) in [7, 11) is 0. The number of nitrogens with one attached hydrogen (secondary N) is 2. The number of rotatable bonds is 6. The first-order valence-corrected chi connectivity index (χ1v) is 7.74. The maximum Gasteiger partial charge on any atom is 0.253 e. The van der Waals surface area contributed by atoms with Gasteiger partial charge < -0.3 is 15.6 Å². The molecule has 1 aromatic carbocycles. The van der Waals surface area contributed by atoms with Crippen molar-refractivity contribution in [1.29, 1.82) is 0 Å². The quantitative estimate of drug-likeness (QED) is 0.556. The molecule has 0 bridgehead atoms. The Kier molecular flexibility index (Phi) is 5.85. The second-order valence-corrected chi connectivity index (χ2v) is 6.09. The Morgan fingerprint density at radius 3 is 2.81 bits per heavy atom. The fourth-order valence-corrected chi connectivity index (χ4v) is 2.83. The molecule has 21 heavy (non-hydrogen) atoms. The van der Waals surface area contributed by atoms with E-state index in [1.165, 1.54) is 25.9 Å². The van der Waals surface area contributed by atoms with E-state index in [9.17, 15) is 4.79 Å². The van der Waals surface area contributed by atoms with Gasteiger partial charge in [0.05, 0.1) is 11.3 Å². The van der Waals surface area contributed by atoms with E-state index in [4.69, 9.17) is 17.4 Å². The first-order valence-electron chi connectivity index (χ1n) is 7.37. The number of hydrogen-bond donors (Lipinski definition) is 3. The first kappa shape index (κ1) is 16.1. The lowest BCUT2D eigenvalue weighted by Gasteiger charge is -2.20. The van der Waals surface area contributed by atoms with Crippen LogP contribution in [0.15, 0.2) is 18.2 Å².